The van der Waals surface area contributed by atoms with Crippen LogP contribution in [0.4, 0.5) is 11.5 Å². The number of fused-ring (bicyclic) bond motifs is 1. The van der Waals surface area contributed by atoms with Gasteiger partial charge in [0.1, 0.15) is 5.82 Å². The van der Waals surface area contributed by atoms with Gasteiger partial charge in [-0.25, -0.2) is 4.98 Å². The highest BCUT2D eigenvalue weighted by Gasteiger charge is 2.18. The van der Waals surface area contributed by atoms with E-state index in [0.29, 0.717) is 0 Å². The molecule has 3 nitrogen and oxygen atoms in total. The van der Waals surface area contributed by atoms with Crippen molar-refractivity contribution in [3.63, 3.8) is 0 Å². The molecule has 1 aliphatic heterocycles. The highest BCUT2D eigenvalue weighted by Crippen LogP contribution is 2.28. The Kier molecular flexibility index (Phi) is 2.89. The zero-order valence-corrected chi connectivity index (χ0v) is 10.6. The number of rotatable bonds is 3. The Morgan fingerprint density at radius 3 is 2.94 bits per heavy atom. The lowest BCUT2D eigenvalue weighted by Crippen LogP contribution is -2.20. The fraction of sp³-hybridized carbons (Fsp3) is 0.267. The molecule has 92 valence electrons. The van der Waals surface area contributed by atoms with Crippen molar-refractivity contribution in [3.05, 3.63) is 53.7 Å². The van der Waals surface area contributed by atoms with Gasteiger partial charge in [-0.2, -0.15) is 0 Å². The van der Waals surface area contributed by atoms with Crippen LogP contribution in [0.1, 0.15) is 11.3 Å². The van der Waals surface area contributed by atoms with Gasteiger partial charge in [-0.1, -0.05) is 24.3 Å². The molecule has 0 bridgehead atoms. The summed E-state index contributed by atoms with van der Waals surface area (Å²) in [5, 5.41) is 3.08. The van der Waals surface area contributed by atoms with Crippen LogP contribution < -0.4 is 10.2 Å². The van der Waals surface area contributed by atoms with Crippen LogP contribution in [0.15, 0.2) is 42.5 Å². The van der Waals surface area contributed by atoms with E-state index in [1.165, 1.54) is 11.3 Å². The van der Waals surface area contributed by atoms with Crippen LogP contribution in [0, 0.1) is 0 Å². The first kappa shape index (κ1) is 11.1. The average molecular weight is 239 g/mol. The Balaban J connectivity index is 1.82. The Labute approximate surface area is 107 Å². The van der Waals surface area contributed by atoms with Gasteiger partial charge in [0.2, 0.25) is 0 Å². The summed E-state index contributed by atoms with van der Waals surface area (Å²) in [5.74, 6) is 0.931. The molecule has 0 fully saturated rings. The minimum Gasteiger partial charge on any atom is -0.373 e. The van der Waals surface area contributed by atoms with Crippen molar-refractivity contribution in [2.24, 2.45) is 0 Å². The van der Waals surface area contributed by atoms with Gasteiger partial charge in [0, 0.05) is 19.3 Å². The molecular formula is C15H17N3. The zero-order chi connectivity index (χ0) is 12.4. The van der Waals surface area contributed by atoms with Gasteiger partial charge in [0.05, 0.1) is 12.2 Å². The fourth-order valence-corrected chi connectivity index (χ4v) is 2.47. The van der Waals surface area contributed by atoms with E-state index in [1.54, 1.807) is 0 Å². The molecule has 0 amide bonds. The minimum absolute atomic E-state index is 0.881. The summed E-state index contributed by atoms with van der Waals surface area (Å²) >= 11 is 0. The average Bonchev–Trinajstić information content (AvgIpc) is 2.83. The lowest BCUT2D eigenvalue weighted by molar-refractivity contribution is 0.815. The number of hydrogen-bond acceptors (Lipinski definition) is 3. The Bertz CT molecular complexity index is 551. The molecule has 1 N–H and O–H groups in total. The van der Waals surface area contributed by atoms with Crippen molar-refractivity contribution in [2.75, 3.05) is 23.8 Å². The topological polar surface area (TPSA) is 28.2 Å². The summed E-state index contributed by atoms with van der Waals surface area (Å²) in [5.41, 5.74) is 3.91. The zero-order valence-electron chi connectivity index (χ0n) is 10.6. The van der Waals surface area contributed by atoms with E-state index in [-0.39, 0.29) is 0 Å². The molecule has 18 heavy (non-hydrogen) atoms. The quantitative estimate of drug-likeness (QED) is 0.892. The highest BCUT2D eigenvalue weighted by atomic mass is 15.2. The Morgan fingerprint density at radius 2 is 2.06 bits per heavy atom. The number of para-hydroxylation sites is 1. The molecule has 1 aromatic carbocycles. The van der Waals surface area contributed by atoms with Gasteiger partial charge < -0.3 is 10.2 Å². The van der Waals surface area contributed by atoms with Crippen molar-refractivity contribution >= 4 is 11.5 Å². The van der Waals surface area contributed by atoms with E-state index in [2.05, 4.69) is 51.6 Å². The maximum absolute atomic E-state index is 4.57. The number of pyridine rings is 1. The first-order chi connectivity index (χ1) is 8.86. The normalized spacial score (nSPS) is 13.5. The van der Waals surface area contributed by atoms with Crippen LogP contribution in [0.3, 0.4) is 0 Å². The summed E-state index contributed by atoms with van der Waals surface area (Å²) in [6, 6.07) is 14.8. The second-order valence-corrected chi connectivity index (χ2v) is 4.56. The Hall–Kier alpha value is -2.03. The maximum atomic E-state index is 4.57. The predicted octanol–water partition coefficient (Wildman–Crippen LogP) is 2.69. The number of nitrogens with one attached hydrogen (secondary N) is 1. The first-order valence-electron chi connectivity index (χ1n) is 6.33. The summed E-state index contributed by atoms with van der Waals surface area (Å²) < 4.78 is 0. The largest absolute Gasteiger partial charge is 0.373 e. The second kappa shape index (κ2) is 4.69. The predicted molar refractivity (Wildman–Crippen MR) is 75.0 cm³/mol. The summed E-state index contributed by atoms with van der Waals surface area (Å²) in [6.45, 7) is 1.97. The van der Waals surface area contributed by atoms with Gasteiger partial charge in [-0.05, 0) is 30.2 Å². The van der Waals surface area contributed by atoms with Gasteiger partial charge in [-0.3, -0.25) is 0 Å². The molecule has 1 aliphatic rings. The number of aromatic nitrogens is 1. The smallest absolute Gasteiger partial charge is 0.126 e. The van der Waals surface area contributed by atoms with E-state index in [9.17, 15) is 0 Å². The molecule has 2 heterocycles. The minimum atomic E-state index is 0.881. The van der Waals surface area contributed by atoms with Gasteiger partial charge in [0.25, 0.3) is 0 Å². The number of nitrogens with zero attached hydrogens (tertiary/aromatic N) is 2. The SMILES string of the molecule is CNc1cccc(CN2CCc3ccccc32)n1. The third-order valence-corrected chi connectivity index (χ3v) is 3.40. The standard InChI is InChI=1S/C15H17N3/c1-16-15-8-4-6-13(17-15)11-18-10-9-12-5-2-3-7-14(12)18/h2-8H,9-11H2,1H3,(H,16,17). The van der Waals surface area contributed by atoms with Crippen LogP contribution in [-0.2, 0) is 13.0 Å². The number of hydrogen-bond donors (Lipinski definition) is 1. The van der Waals surface area contributed by atoms with E-state index < -0.39 is 0 Å². The first-order valence-corrected chi connectivity index (χ1v) is 6.33. The second-order valence-electron chi connectivity index (χ2n) is 4.56. The molecular weight excluding hydrogens is 222 g/mol. The van der Waals surface area contributed by atoms with Crippen LogP contribution in [0.25, 0.3) is 0 Å². The number of benzene rings is 1. The van der Waals surface area contributed by atoms with Crippen molar-refractivity contribution < 1.29 is 0 Å². The van der Waals surface area contributed by atoms with Crippen molar-refractivity contribution in [1.82, 2.24) is 4.98 Å². The molecule has 0 unspecified atom stereocenters. The van der Waals surface area contributed by atoms with E-state index in [0.717, 1.165) is 31.0 Å². The Morgan fingerprint density at radius 1 is 1.17 bits per heavy atom. The maximum Gasteiger partial charge on any atom is 0.126 e. The molecule has 0 saturated heterocycles. The molecule has 3 rings (SSSR count). The molecule has 0 aliphatic carbocycles. The highest BCUT2D eigenvalue weighted by molar-refractivity contribution is 5.57. The van der Waals surface area contributed by atoms with Crippen LogP contribution >= 0.6 is 0 Å². The van der Waals surface area contributed by atoms with E-state index in [4.69, 9.17) is 0 Å². The molecule has 0 spiro atoms. The summed E-state index contributed by atoms with van der Waals surface area (Å²) in [6.07, 6.45) is 1.14. The summed E-state index contributed by atoms with van der Waals surface area (Å²) in [7, 11) is 1.90. The molecule has 0 saturated carbocycles. The van der Waals surface area contributed by atoms with Crippen LogP contribution in [-0.4, -0.2) is 18.6 Å². The van der Waals surface area contributed by atoms with E-state index >= 15 is 0 Å². The number of anilines is 2. The molecule has 3 heteroatoms. The van der Waals surface area contributed by atoms with Crippen molar-refractivity contribution in [1.29, 1.82) is 0 Å². The third kappa shape index (κ3) is 2.04. The van der Waals surface area contributed by atoms with Gasteiger partial charge >= 0.3 is 0 Å². The summed E-state index contributed by atoms with van der Waals surface area (Å²) in [4.78, 5) is 6.97. The fourth-order valence-electron chi connectivity index (χ4n) is 2.47. The van der Waals surface area contributed by atoms with Crippen LogP contribution in [0.2, 0.25) is 0 Å². The molecule has 0 radical (unpaired) electrons. The lowest BCUT2D eigenvalue weighted by Gasteiger charge is -2.19. The molecule has 1 aromatic heterocycles. The van der Waals surface area contributed by atoms with Crippen molar-refractivity contribution in [2.45, 2.75) is 13.0 Å². The monoisotopic (exact) mass is 239 g/mol. The van der Waals surface area contributed by atoms with Crippen molar-refractivity contribution in [3.8, 4) is 0 Å². The van der Waals surface area contributed by atoms with Gasteiger partial charge in [-0.15, -0.1) is 0 Å². The molecule has 2 aromatic rings. The van der Waals surface area contributed by atoms with E-state index in [1.807, 2.05) is 13.1 Å². The lowest BCUT2D eigenvalue weighted by atomic mass is 10.2. The third-order valence-electron chi connectivity index (χ3n) is 3.40. The van der Waals surface area contributed by atoms with Gasteiger partial charge in [0.15, 0.2) is 0 Å². The van der Waals surface area contributed by atoms with Crippen LogP contribution in [0.5, 0.6) is 0 Å². The molecule has 0 atom stereocenters.